The minimum Gasteiger partial charge on any atom is -0.367 e. The van der Waals surface area contributed by atoms with Crippen molar-refractivity contribution in [3.63, 3.8) is 0 Å². The predicted molar refractivity (Wildman–Crippen MR) is 71.8 cm³/mol. The maximum absolute atomic E-state index is 11.7. The molecule has 3 N–H and O–H groups in total. The third kappa shape index (κ3) is 3.93. The molecule has 0 spiro atoms. The standard InChI is InChI=1S/C13H27N3O2/c1-11(2,10(17)15-14)7-16-8-12(3,4)18-13(5,6)9-16/h7-9,14H2,1-6H3,(H,15,17). The summed E-state index contributed by atoms with van der Waals surface area (Å²) in [6, 6.07) is 0. The highest BCUT2D eigenvalue weighted by Crippen LogP contribution is 2.30. The molecule has 1 heterocycles. The second-order valence-corrected chi connectivity index (χ2v) is 7.12. The molecule has 0 radical (unpaired) electrons. The Morgan fingerprint density at radius 2 is 1.72 bits per heavy atom. The van der Waals surface area contributed by atoms with Crippen LogP contribution in [0.25, 0.3) is 0 Å². The van der Waals surface area contributed by atoms with Crippen molar-refractivity contribution in [2.24, 2.45) is 11.3 Å². The van der Waals surface area contributed by atoms with Crippen molar-refractivity contribution in [1.82, 2.24) is 10.3 Å². The lowest BCUT2D eigenvalue weighted by Gasteiger charge is -2.48. The van der Waals surface area contributed by atoms with Crippen molar-refractivity contribution in [2.45, 2.75) is 52.7 Å². The number of nitrogens with two attached hydrogens (primary N) is 1. The van der Waals surface area contributed by atoms with Gasteiger partial charge < -0.3 is 4.74 Å². The first kappa shape index (κ1) is 15.4. The summed E-state index contributed by atoms with van der Waals surface area (Å²) in [5.74, 6) is 5.09. The van der Waals surface area contributed by atoms with E-state index in [2.05, 4.69) is 38.0 Å². The highest BCUT2D eigenvalue weighted by Gasteiger charge is 2.40. The first-order valence-electron chi connectivity index (χ1n) is 6.41. The SMILES string of the molecule is CC1(C)CN(CC(C)(C)C(=O)NN)CC(C)(C)O1. The summed E-state index contributed by atoms with van der Waals surface area (Å²) in [6.07, 6.45) is 0. The van der Waals surface area contributed by atoms with Crippen molar-refractivity contribution in [3.8, 4) is 0 Å². The number of morpholine rings is 1. The molecule has 1 amide bonds. The lowest BCUT2D eigenvalue weighted by Crippen LogP contribution is -2.59. The van der Waals surface area contributed by atoms with Crippen LogP contribution in [0.3, 0.4) is 0 Å². The fourth-order valence-corrected chi connectivity index (χ4v) is 2.88. The van der Waals surface area contributed by atoms with Gasteiger partial charge in [-0.05, 0) is 41.5 Å². The molecule has 0 bridgehead atoms. The number of amides is 1. The van der Waals surface area contributed by atoms with E-state index in [1.165, 1.54) is 0 Å². The Labute approximate surface area is 110 Å². The second-order valence-electron chi connectivity index (χ2n) is 7.12. The van der Waals surface area contributed by atoms with Gasteiger partial charge in [0.15, 0.2) is 0 Å². The van der Waals surface area contributed by atoms with Gasteiger partial charge >= 0.3 is 0 Å². The monoisotopic (exact) mass is 257 g/mol. The van der Waals surface area contributed by atoms with Gasteiger partial charge in [0.05, 0.1) is 16.6 Å². The second kappa shape index (κ2) is 4.79. The third-order valence-corrected chi connectivity index (χ3v) is 3.13. The predicted octanol–water partition coefficient (Wildman–Crippen LogP) is 0.892. The summed E-state index contributed by atoms with van der Waals surface area (Å²) in [5.41, 5.74) is 1.34. The smallest absolute Gasteiger partial charge is 0.240 e. The molecule has 1 saturated heterocycles. The van der Waals surface area contributed by atoms with E-state index in [0.717, 1.165) is 13.1 Å². The number of carbonyl (C=O) groups excluding carboxylic acids is 1. The summed E-state index contributed by atoms with van der Waals surface area (Å²) in [4.78, 5) is 14.0. The van der Waals surface area contributed by atoms with Crippen LogP contribution in [0.15, 0.2) is 0 Å². The van der Waals surface area contributed by atoms with Gasteiger partial charge in [-0.15, -0.1) is 0 Å². The minimum atomic E-state index is -0.502. The van der Waals surface area contributed by atoms with Crippen LogP contribution in [-0.2, 0) is 9.53 Å². The van der Waals surface area contributed by atoms with Gasteiger partial charge in [0.2, 0.25) is 5.91 Å². The number of nitrogens with zero attached hydrogens (tertiary/aromatic N) is 1. The summed E-state index contributed by atoms with van der Waals surface area (Å²) in [7, 11) is 0. The van der Waals surface area contributed by atoms with E-state index in [1.807, 2.05) is 13.8 Å². The molecular formula is C13H27N3O2. The number of ether oxygens (including phenoxy) is 1. The average molecular weight is 257 g/mol. The van der Waals surface area contributed by atoms with Crippen molar-refractivity contribution in [1.29, 1.82) is 0 Å². The number of nitrogens with one attached hydrogen (secondary N) is 1. The van der Waals surface area contributed by atoms with Crippen molar-refractivity contribution in [3.05, 3.63) is 0 Å². The molecule has 0 atom stereocenters. The number of carbonyl (C=O) groups is 1. The van der Waals surface area contributed by atoms with Crippen molar-refractivity contribution >= 4 is 5.91 Å². The summed E-state index contributed by atoms with van der Waals surface area (Å²) >= 11 is 0. The van der Waals surface area contributed by atoms with Gasteiger partial charge in [0.1, 0.15) is 0 Å². The molecule has 1 fully saturated rings. The van der Waals surface area contributed by atoms with Crippen LogP contribution in [0.4, 0.5) is 0 Å². The van der Waals surface area contributed by atoms with E-state index in [4.69, 9.17) is 10.6 Å². The first-order valence-corrected chi connectivity index (χ1v) is 6.41. The molecule has 5 nitrogen and oxygen atoms in total. The Hall–Kier alpha value is -0.650. The zero-order chi connectivity index (χ0) is 14.2. The van der Waals surface area contributed by atoms with Crippen LogP contribution in [0.2, 0.25) is 0 Å². The number of hydrogen-bond acceptors (Lipinski definition) is 4. The van der Waals surface area contributed by atoms with Crippen LogP contribution < -0.4 is 11.3 Å². The van der Waals surface area contributed by atoms with E-state index < -0.39 is 5.41 Å². The van der Waals surface area contributed by atoms with Crippen LogP contribution >= 0.6 is 0 Å². The van der Waals surface area contributed by atoms with Crippen LogP contribution in [0.1, 0.15) is 41.5 Å². The van der Waals surface area contributed by atoms with Gasteiger partial charge in [0.25, 0.3) is 0 Å². The fraction of sp³-hybridized carbons (Fsp3) is 0.923. The molecule has 5 heteroatoms. The average Bonchev–Trinajstić information content (AvgIpc) is 2.09. The zero-order valence-corrected chi connectivity index (χ0v) is 12.5. The van der Waals surface area contributed by atoms with E-state index in [1.54, 1.807) is 0 Å². The molecule has 1 aliphatic heterocycles. The molecule has 0 aromatic heterocycles. The fourth-order valence-electron chi connectivity index (χ4n) is 2.88. The Balaban J connectivity index is 2.76. The minimum absolute atomic E-state index is 0.135. The Morgan fingerprint density at radius 3 is 2.11 bits per heavy atom. The number of hydrazine groups is 1. The van der Waals surface area contributed by atoms with Gasteiger partial charge in [-0.3, -0.25) is 15.1 Å². The third-order valence-electron chi connectivity index (χ3n) is 3.13. The van der Waals surface area contributed by atoms with Gasteiger partial charge in [-0.25, -0.2) is 5.84 Å². The Morgan fingerprint density at radius 1 is 1.28 bits per heavy atom. The normalized spacial score (nSPS) is 23.7. The number of hydrogen-bond donors (Lipinski definition) is 2. The first-order chi connectivity index (χ1) is 7.97. The van der Waals surface area contributed by atoms with E-state index in [9.17, 15) is 4.79 Å². The largest absolute Gasteiger partial charge is 0.367 e. The maximum atomic E-state index is 11.7. The zero-order valence-electron chi connectivity index (χ0n) is 12.5. The molecule has 106 valence electrons. The van der Waals surface area contributed by atoms with Gasteiger partial charge in [0, 0.05) is 19.6 Å². The molecule has 0 aromatic carbocycles. The molecule has 0 unspecified atom stereocenters. The Kier molecular flexibility index (Phi) is 4.10. The van der Waals surface area contributed by atoms with Gasteiger partial charge in [-0.1, -0.05) is 0 Å². The molecule has 1 aliphatic rings. The summed E-state index contributed by atoms with van der Waals surface area (Å²) < 4.78 is 6.03. The maximum Gasteiger partial charge on any atom is 0.240 e. The molecule has 1 rings (SSSR count). The highest BCUT2D eigenvalue weighted by molar-refractivity contribution is 5.81. The van der Waals surface area contributed by atoms with Crippen LogP contribution in [0.5, 0.6) is 0 Å². The van der Waals surface area contributed by atoms with E-state index >= 15 is 0 Å². The lowest BCUT2D eigenvalue weighted by atomic mass is 9.89. The van der Waals surface area contributed by atoms with Crippen LogP contribution in [-0.4, -0.2) is 41.6 Å². The summed E-state index contributed by atoms with van der Waals surface area (Å²) in [5, 5.41) is 0. The molecule has 0 aromatic rings. The van der Waals surface area contributed by atoms with Crippen LogP contribution in [0, 0.1) is 5.41 Å². The van der Waals surface area contributed by atoms with E-state index in [0.29, 0.717) is 6.54 Å². The topological polar surface area (TPSA) is 67.6 Å². The molecule has 18 heavy (non-hydrogen) atoms. The van der Waals surface area contributed by atoms with Crippen molar-refractivity contribution in [2.75, 3.05) is 19.6 Å². The lowest BCUT2D eigenvalue weighted by molar-refractivity contribution is -0.185. The van der Waals surface area contributed by atoms with E-state index in [-0.39, 0.29) is 17.1 Å². The number of rotatable bonds is 3. The Bertz CT molecular complexity index is 308. The molecule has 0 saturated carbocycles. The quantitative estimate of drug-likeness (QED) is 0.448. The highest BCUT2D eigenvalue weighted by atomic mass is 16.5. The molecule has 0 aliphatic carbocycles. The van der Waals surface area contributed by atoms with Gasteiger partial charge in [-0.2, -0.15) is 0 Å². The summed E-state index contributed by atoms with van der Waals surface area (Å²) in [6.45, 7) is 14.4. The molecular weight excluding hydrogens is 230 g/mol. The van der Waals surface area contributed by atoms with Crippen molar-refractivity contribution < 1.29 is 9.53 Å².